The number of rotatable bonds is 4. The van der Waals surface area contributed by atoms with Crippen molar-refractivity contribution < 1.29 is 4.79 Å². The zero-order chi connectivity index (χ0) is 11.5. The average molecular weight is 236 g/mol. The topological polar surface area (TPSA) is 52.0 Å². The van der Waals surface area contributed by atoms with E-state index in [2.05, 4.69) is 4.98 Å². The fourth-order valence-corrected chi connectivity index (χ4v) is 2.33. The fourth-order valence-electron chi connectivity index (χ4n) is 1.54. The van der Waals surface area contributed by atoms with E-state index in [1.54, 1.807) is 17.8 Å². The molecule has 2 rings (SSSR count). The third kappa shape index (κ3) is 2.19. The number of carbonyl (C=O) groups excluding carboxylic acids is 1. The number of ketones is 1. The number of fused-ring (bicyclic) bond motifs is 1. The first-order valence-electron chi connectivity index (χ1n) is 5.10. The summed E-state index contributed by atoms with van der Waals surface area (Å²) in [7, 11) is 0. The normalized spacial score (nSPS) is 10.8. The minimum Gasteiger partial charge on any atom is -0.300 e. The number of aryl methyl sites for hydroxylation is 1. The van der Waals surface area contributed by atoms with E-state index in [1.165, 1.54) is 11.3 Å². The Morgan fingerprint density at radius 3 is 3.12 bits per heavy atom. The summed E-state index contributed by atoms with van der Waals surface area (Å²) in [6.45, 7) is 2.11. The molecule has 0 saturated carbocycles. The van der Waals surface area contributed by atoms with E-state index in [9.17, 15) is 9.59 Å². The van der Waals surface area contributed by atoms with Crippen molar-refractivity contribution in [3.63, 3.8) is 0 Å². The predicted octanol–water partition coefficient (Wildman–Crippen LogP) is 1.83. The minimum atomic E-state index is -0.0106. The summed E-state index contributed by atoms with van der Waals surface area (Å²) in [6, 6.07) is 1.83. The molecule has 2 aromatic heterocycles. The summed E-state index contributed by atoms with van der Waals surface area (Å²) in [5.41, 5.74) is 0.737. The summed E-state index contributed by atoms with van der Waals surface area (Å²) in [5.74, 6) is 0.151. The first kappa shape index (κ1) is 11.0. The molecule has 2 aromatic rings. The van der Waals surface area contributed by atoms with Crippen LogP contribution in [0, 0.1) is 0 Å². The maximum atomic E-state index is 11.9. The van der Waals surface area contributed by atoms with Gasteiger partial charge in [-0.15, -0.1) is 11.3 Å². The van der Waals surface area contributed by atoms with Gasteiger partial charge in [-0.05, 0) is 24.8 Å². The van der Waals surface area contributed by atoms with E-state index < -0.39 is 0 Å². The Kier molecular flexibility index (Phi) is 3.14. The molecule has 0 atom stereocenters. The molecule has 4 nitrogen and oxygen atoms in total. The highest BCUT2D eigenvalue weighted by molar-refractivity contribution is 7.17. The molecule has 0 aliphatic rings. The molecule has 84 valence electrons. The molecule has 0 bridgehead atoms. The quantitative estimate of drug-likeness (QED) is 0.813. The number of carbonyl (C=O) groups is 1. The zero-order valence-electron chi connectivity index (χ0n) is 8.97. The molecule has 0 amide bonds. The SMILES string of the molecule is CC(=O)CCCn1cnc2ccsc2c1=O. The Morgan fingerprint density at radius 1 is 1.56 bits per heavy atom. The average Bonchev–Trinajstić information content (AvgIpc) is 2.69. The number of thiophene rings is 1. The highest BCUT2D eigenvalue weighted by Crippen LogP contribution is 2.13. The zero-order valence-corrected chi connectivity index (χ0v) is 9.79. The van der Waals surface area contributed by atoms with E-state index in [1.807, 2.05) is 11.4 Å². The Bertz CT molecular complexity index is 571. The predicted molar refractivity (Wildman–Crippen MR) is 63.8 cm³/mol. The molecular weight excluding hydrogens is 224 g/mol. The third-order valence-corrected chi connectivity index (χ3v) is 3.26. The molecule has 0 spiro atoms. The van der Waals surface area contributed by atoms with E-state index >= 15 is 0 Å². The maximum Gasteiger partial charge on any atom is 0.271 e. The molecule has 0 fully saturated rings. The van der Waals surface area contributed by atoms with Gasteiger partial charge in [-0.2, -0.15) is 0 Å². The second-order valence-corrected chi connectivity index (χ2v) is 4.60. The van der Waals surface area contributed by atoms with Gasteiger partial charge >= 0.3 is 0 Å². The summed E-state index contributed by atoms with van der Waals surface area (Å²) in [5, 5.41) is 1.86. The third-order valence-electron chi connectivity index (χ3n) is 2.36. The van der Waals surface area contributed by atoms with E-state index in [-0.39, 0.29) is 11.3 Å². The van der Waals surface area contributed by atoms with Crippen molar-refractivity contribution in [2.75, 3.05) is 0 Å². The number of Topliss-reactive ketones (excluding diaryl/α,β-unsaturated/α-hetero) is 1. The number of aromatic nitrogens is 2. The van der Waals surface area contributed by atoms with Crippen molar-refractivity contribution in [1.29, 1.82) is 0 Å². The Morgan fingerprint density at radius 2 is 2.38 bits per heavy atom. The lowest BCUT2D eigenvalue weighted by Gasteiger charge is -2.03. The van der Waals surface area contributed by atoms with Crippen LogP contribution in [-0.2, 0) is 11.3 Å². The van der Waals surface area contributed by atoms with Crippen LogP contribution in [0.1, 0.15) is 19.8 Å². The van der Waals surface area contributed by atoms with Crippen LogP contribution in [0.2, 0.25) is 0 Å². The highest BCUT2D eigenvalue weighted by atomic mass is 32.1. The lowest BCUT2D eigenvalue weighted by atomic mass is 10.2. The summed E-state index contributed by atoms with van der Waals surface area (Å²) < 4.78 is 2.26. The highest BCUT2D eigenvalue weighted by Gasteiger charge is 2.04. The van der Waals surface area contributed by atoms with Gasteiger partial charge in [0.15, 0.2) is 0 Å². The molecule has 5 heteroatoms. The van der Waals surface area contributed by atoms with Crippen molar-refractivity contribution in [3.8, 4) is 0 Å². The van der Waals surface area contributed by atoms with Crippen LogP contribution >= 0.6 is 11.3 Å². The van der Waals surface area contributed by atoms with Gasteiger partial charge in [0.2, 0.25) is 0 Å². The molecule has 0 aromatic carbocycles. The standard InChI is InChI=1S/C11H12N2O2S/c1-8(14)3-2-5-13-7-12-9-4-6-16-10(9)11(13)15/h4,6-7H,2-3,5H2,1H3. The molecule has 0 aliphatic carbocycles. The van der Waals surface area contributed by atoms with Crippen LogP contribution < -0.4 is 5.56 Å². The van der Waals surface area contributed by atoms with Crippen molar-refractivity contribution in [3.05, 3.63) is 28.1 Å². The smallest absolute Gasteiger partial charge is 0.271 e. The van der Waals surface area contributed by atoms with Gasteiger partial charge in [0.05, 0.1) is 11.8 Å². The van der Waals surface area contributed by atoms with Crippen molar-refractivity contribution in [1.82, 2.24) is 9.55 Å². The number of hydrogen-bond donors (Lipinski definition) is 0. The van der Waals surface area contributed by atoms with Crippen molar-refractivity contribution in [2.45, 2.75) is 26.3 Å². The molecule has 2 heterocycles. The summed E-state index contributed by atoms with van der Waals surface area (Å²) in [6.07, 6.45) is 2.75. The van der Waals surface area contributed by atoms with Crippen LogP contribution in [0.15, 0.2) is 22.6 Å². The fraction of sp³-hybridized carbons (Fsp3) is 0.364. The largest absolute Gasteiger partial charge is 0.300 e. The minimum absolute atomic E-state index is 0.0106. The van der Waals surface area contributed by atoms with Gasteiger partial charge in [0.1, 0.15) is 10.5 Å². The van der Waals surface area contributed by atoms with Gasteiger partial charge in [-0.25, -0.2) is 4.98 Å². The van der Waals surface area contributed by atoms with Gasteiger partial charge in [-0.3, -0.25) is 9.36 Å². The second kappa shape index (κ2) is 4.57. The Balaban J connectivity index is 2.21. The molecule has 0 N–H and O–H groups in total. The van der Waals surface area contributed by atoms with Gasteiger partial charge in [0, 0.05) is 13.0 Å². The van der Waals surface area contributed by atoms with Crippen molar-refractivity contribution >= 4 is 27.3 Å². The van der Waals surface area contributed by atoms with Crippen molar-refractivity contribution in [2.24, 2.45) is 0 Å². The number of nitrogens with zero attached hydrogens (tertiary/aromatic N) is 2. The Labute approximate surface area is 96.6 Å². The molecule has 0 radical (unpaired) electrons. The Hall–Kier alpha value is -1.49. The molecular formula is C11H12N2O2S. The summed E-state index contributed by atoms with van der Waals surface area (Å²) in [4.78, 5) is 26.9. The van der Waals surface area contributed by atoms with E-state index in [0.29, 0.717) is 24.1 Å². The molecule has 16 heavy (non-hydrogen) atoms. The van der Waals surface area contributed by atoms with Crippen LogP contribution in [0.25, 0.3) is 10.2 Å². The first-order chi connectivity index (χ1) is 7.68. The van der Waals surface area contributed by atoms with E-state index in [0.717, 1.165) is 5.52 Å². The lowest BCUT2D eigenvalue weighted by Crippen LogP contribution is -2.19. The first-order valence-corrected chi connectivity index (χ1v) is 5.98. The van der Waals surface area contributed by atoms with E-state index in [4.69, 9.17) is 0 Å². The lowest BCUT2D eigenvalue weighted by molar-refractivity contribution is -0.117. The monoisotopic (exact) mass is 236 g/mol. The summed E-state index contributed by atoms with van der Waals surface area (Å²) >= 11 is 1.41. The van der Waals surface area contributed by atoms with Crippen LogP contribution in [0.5, 0.6) is 0 Å². The van der Waals surface area contributed by atoms with Gasteiger partial charge < -0.3 is 4.79 Å². The second-order valence-electron chi connectivity index (χ2n) is 3.68. The van der Waals surface area contributed by atoms with Crippen LogP contribution in [-0.4, -0.2) is 15.3 Å². The van der Waals surface area contributed by atoms with Gasteiger partial charge in [0.25, 0.3) is 5.56 Å². The van der Waals surface area contributed by atoms with Crippen LogP contribution in [0.3, 0.4) is 0 Å². The molecule has 0 aliphatic heterocycles. The van der Waals surface area contributed by atoms with Gasteiger partial charge in [-0.1, -0.05) is 0 Å². The molecule has 0 unspecified atom stereocenters. The molecule has 0 saturated heterocycles. The maximum absolute atomic E-state index is 11.9. The number of hydrogen-bond acceptors (Lipinski definition) is 4. The van der Waals surface area contributed by atoms with Crippen LogP contribution in [0.4, 0.5) is 0 Å².